The molecule has 3 aromatic rings. The molecule has 1 heterocycles. The molecule has 0 atom stereocenters. The van der Waals surface area contributed by atoms with Crippen LogP contribution in [0.3, 0.4) is 0 Å². The zero-order valence-corrected chi connectivity index (χ0v) is 13.5. The van der Waals surface area contributed by atoms with Gasteiger partial charge in [-0.3, -0.25) is 4.79 Å². The molecular weight excluding hydrogens is 302 g/mol. The van der Waals surface area contributed by atoms with Crippen LogP contribution in [0.2, 0.25) is 0 Å². The molecule has 1 aromatic heterocycles. The Morgan fingerprint density at radius 1 is 1.00 bits per heavy atom. The van der Waals surface area contributed by atoms with Crippen LogP contribution in [0.25, 0.3) is 0 Å². The summed E-state index contributed by atoms with van der Waals surface area (Å²) in [4.78, 5) is 12.3. The van der Waals surface area contributed by atoms with Gasteiger partial charge in [0.05, 0.1) is 0 Å². The molecule has 1 N–H and O–H groups in total. The largest absolute Gasteiger partial charge is 0.417 e. The highest BCUT2D eigenvalue weighted by atomic mass is 16.4. The van der Waals surface area contributed by atoms with Crippen LogP contribution in [0.1, 0.15) is 34.6 Å². The molecule has 0 saturated heterocycles. The molecule has 0 aliphatic carbocycles. The first-order chi connectivity index (χ1) is 11.8. The Labute approximate surface area is 140 Å². The van der Waals surface area contributed by atoms with Gasteiger partial charge in [0.1, 0.15) is 0 Å². The third-order valence-electron chi connectivity index (χ3n) is 3.78. The molecule has 0 unspecified atom stereocenters. The maximum absolute atomic E-state index is 12.3. The van der Waals surface area contributed by atoms with Gasteiger partial charge in [-0.1, -0.05) is 55.5 Å². The average molecular weight is 321 g/mol. The monoisotopic (exact) mass is 321 g/mol. The van der Waals surface area contributed by atoms with Crippen molar-refractivity contribution in [2.45, 2.75) is 26.2 Å². The molecule has 0 aliphatic heterocycles. The van der Waals surface area contributed by atoms with Crippen molar-refractivity contribution in [1.29, 1.82) is 0 Å². The fourth-order valence-electron chi connectivity index (χ4n) is 2.47. The van der Waals surface area contributed by atoms with Crippen molar-refractivity contribution in [2.24, 2.45) is 0 Å². The van der Waals surface area contributed by atoms with Crippen molar-refractivity contribution in [3.05, 3.63) is 77.5 Å². The first-order valence-corrected chi connectivity index (χ1v) is 8.02. The predicted octanol–water partition coefficient (Wildman–Crippen LogP) is 3.67. The Hall–Kier alpha value is -2.95. The minimum absolute atomic E-state index is 0.0102. The third kappa shape index (κ3) is 3.87. The third-order valence-corrected chi connectivity index (χ3v) is 3.78. The summed E-state index contributed by atoms with van der Waals surface area (Å²) < 4.78 is 5.48. The van der Waals surface area contributed by atoms with Gasteiger partial charge >= 0.3 is 11.8 Å². The Morgan fingerprint density at radius 2 is 1.75 bits per heavy atom. The standard InChI is InChI=1S/C19H19N3O2/c1-2-15-10-6-7-11-16(15)20-18(23)19-22-21-17(24-19)13-12-14-8-4-3-5-9-14/h3-11H,2,12-13H2,1H3,(H,20,23). The lowest BCUT2D eigenvalue weighted by molar-refractivity contribution is 0.0988. The van der Waals surface area contributed by atoms with Crippen molar-refractivity contribution >= 4 is 11.6 Å². The van der Waals surface area contributed by atoms with Gasteiger partial charge in [-0.25, -0.2) is 0 Å². The topological polar surface area (TPSA) is 68.0 Å². The van der Waals surface area contributed by atoms with Gasteiger partial charge in [0, 0.05) is 12.1 Å². The number of nitrogens with zero attached hydrogens (tertiary/aromatic N) is 2. The number of carbonyl (C=O) groups is 1. The zero-order valence-electron chi connectivity index (χ0n) is 13.5. The maximum atomic E-state index is 12.3. The highest BCUT2D eigenvalue weighted by Crippen LogP contribution is 2.16. The van der Waals surface area contributed by atoms with E-state index in [0.717, 1.165) is 24.1 Å². The van der Waals surface area contributed by atoms with Crippen LogP contribution in [0.15, 0.2) is 59.0 Å². The smallest absolute Gasteiger partial charge is 0.313 e. The fraction of sp³-hybridized carbons (Fsp3) is 0.211. The molecule has 122 valence electrons. The van der Waals surface area contributed by atoms with E-state index in [9.17, 15) is 4.79 Å². The van der Waals surface area contributed by atoms with Gasteiger partial charge in [-0.15, -0.1) is 10.2 Å². The maximum Gasteiger partial charge on any atom is 0.313 e. The van der Waals surface area contributed by atoms with E-state index < -0.39 is 0 Å². The van der Waals surface area contributed by atoms with Crippen LogP contribution < -0.4 is 5.32 Å². The summed E-state index contributed by atoms with van der Waals surface area (Å²) in [5.41, 5.74) is 3.03. The van der Waals surface area contributed by atoms with Crippen LogP contribution in [0, 0.1) is 0 Å². The zero-order chi connectivity index (χ0) is 16.8. The van der Waals surface area contributed by atoms with E-state index in [-0.39, 0.29) is 11.8 Å². The number of nitrogens with one attached hydrogen (secondary N) is 1. The lowest BCUT2D eigenvalue weighted by atomic mass is 10.1. The summed E-state index contributed by atoms with van der Waals surface area (Å²) in [7, 11) is 0. The second kappa shape index (κ2) is 7.55. The van der Waals surface area contributed by atoms with Crippen LogP contribution >= 0.6 is 0 Å². The van der Waals surface area contributed by atoms with E-state index in [1.165, 1.54) is 5.56 Å². The van der Waals surface area contributed by atoms with Gasteiger partial charge in [0.15, 0.2) is 0 Å². The van der Waals surface area contributed by atoms with Crippen molar-refractivity contribution in [3.8, 4) is 0 Å². The van der Waals surface area contributed by atoms with E-state index in [2.05, 4.69) is 15.5 Å². The molecule has 0 fully saturated rings. The molecule has 0 spiro atoms. The van der Waals surface area contributed by atoms with Crippen molar-refractivity contribution < 1.29 is 9.21 Å². The average Bonchev–Trinajstić information content (AvgIpc) is 3.10. The lowest BCUT2D eigenvalue weighted by Gasteiger charge is -2.07. The number of para-hydroxylation sites is 1. The molecule has 0 bridgehead atoms. The summed E-state index contributed by atoms with van der Waals surface area (Å²) in [5.74, 6) is 0.0751. The van der Waals surface area contributed by atoms with Crippen molar-refractivity contribution in [2.75, 3.05) is 5.32 Å². The molecule has 2 aromatic carbocycles. The normalized spacial score (nSPS) is 10.5. The molecule has 5 heteroatoms. The SMILES string of the molecule is CCc1ccccc1NC(=O)c1nnc(CCc2ccccc2)o1. The molecule has 0 aliphatic rings. The molecule has 0 radical (unpaired) electrons. The molecular formula is C19H19N3O2. The second-order valence-corrected chi connectivity index (χ2v) is 5.45. The van der Waals surface area contributed by atoms with E-state index in [1.807, 2.05) is 61.5 Å². The molecule has 3 rings (SSSR count). The summed E-state index contributed by atoms with van der Waals surface area (Å²) >= 11 is 0. The number of aromatic nitrogens is 2. The Kier molecular flexibility index (Phi) is 5.01. The van der Waals surface area contributed by atoms with Gasteiger partial charge in [0.25, 0.3) is 0 Å². The van der Waals surface area contributed by atoms with Crippen molar-refractivity contribution in [1.82, 2.24) is 10.2 Å². The number of hydrogen-bond acceptors (Lipinski definition) is 4. The van der Waals surface area contributed by atoms with Crippen LogP contribution in [0.4, 0.5) is 5.69 Å². The van der Waals surface area contributed by atoms with Crippen LogP contribution in [-0.4, -0.2) is 16.1 Å². The number of amides is 1. The quantitative estimate of drug-likeness (QED) is 0.752. The molecule has 24 heavy (non-hydrogen) atoms. The number of anilines is 1. The van der Waals surface area contributed by atoms with E-state index >= 15 is 0 Å². The highest BCUT2D eigenvalue weighted by Gasteiger charge is 2.16. The summed E-state index contributed by atoms with van der Waals surface area (Å²) in [6.45, 7) is 2.04. The first kappa shape index (κ1) is 15.9. The van der Waals surface area contributed by atoms with Crippen LogP contribution in [0.5, 0.6) is 0 Å². The minimum atomic E-state index is -0.380. The Balaban J connectivity index is 1.63. The van der Waals surface area contributed by atoms with Gasteiger partial charge < -0.3 is 9.73 Å². The molecule has 5 nitrogen and oxygen atoms in total. The lowest BCUT2D eigenvalue weighted by Crippen LogP contribution is -2.13. The Morgan fingerprint density at radius 3 is 2.54 bits per heavy atom. The summed E-state index contributed by atoms with van der Waals surface area (Å²) in [6.07, 6.45) is 2.24. The van der Waals surface area contributed by atoms with Gasteiger partial charge in [-0.05, 0) is 30.0 Å². The van der Waals surface area contributed by atoms with E-state index in [0.29, 0.717) is 12.3 Å². The predicted molar refractivity (Wildman–Crippen MR) is 91.9 cm³/mol. The molecule has 1 amide bonds. The number of benzene rings is 2. The summed E-state index contributed by atoms with van der Waals surface area (Å²) in [6, 6.07) is 17.7. The van der Waals surface area contributed by atoms with Gasteiger partial charge in [-0.2, -0.15) is 0 Å². The first-order valence-electron chi connectivity index (χ1n) is 8.02. The highest BCUT2D eigenvalue weighted by molar-refractivity contribution is 6.01. The van der Waals surface area contributed by atoms with E-state index in [1.54, 1.807) is 0 Å². The van der Waals surface area contributed by atoms with E-state index in [4.69, 9.17) is 4.42 Å². The summed E-state index contributed by atoms with van der Waals surface area (Å²) in [5, 5.41) is 10.6. The number of aryl methyl sites for hydroxylation is 3. The van der Waals surface area contributed by atoms with Crippen LogP contribution in [-0.2, 0) is 19.3 Å². The second-order valence-electron chi connectivity index (χ2n) is 5.45. The molecule has 0 saturated carbocycles. The van der Waals surface area contributed by atoms with Crippen molar-refractivity contribution in [3.63, 3.8) is 0 Å². The fourth-order valence-corrected chi connectivity index (χ4v) is 2.47. The Bertz CT molecular complexity index is 812. The number of rotatable bonds is 6. The minimum Gasteiger partial charge on any atom is -0.417 e. The number of carbonyl (C=O) groups excluding carboxylic acids is 1. The van der Waals surface area contributed by atoms with Gasteiger partial charge in [0.2, 0.25) is 5.89 Å². The number of hydrogen-bond donors (Lipinski definition) is 1.